The second-order valence-electron chi connectivity index (χ2n) is 7.61. The summed E-state index contributed by atoms with van der Waals surface area (Å²) in [6, 6.07) is 30.5. The van der Waals surface area contributed by atoms with E-state index in [9.17, 15) is 5.11 Å². The highest BCUT2D eigenvalue weighted by molar-refractivity contribution is 5.37. The number of benzene rings is 3. The maximum absolute atomic E-state index is 11.5. The van der Waals surface area contributed by atoms with Crippen LogP contribution in [0.15, 0.2) is 91.0 Å². The summed E-state index contributed by atoms with van der Waals surface area (Å²) in [6.07, 6.45) is 0.359. The molecule has 3 rings (SSSR count). The first-order chi connectivity index (χ1) is 14.1. The lowest BCUT2D eigenvalue weighted by Crippen LogP contribution is -2.31. The van der Waals surface area contributed by atoms with Crippen molar-refractivity contribution >= 4 is 0 Å². The Morgan fingerprint density at radius 1 is 0.759 bits per heavy atom. The Balaban J connectivity index is 1.75. The van der Waals surface area contributed by atoms with Gasteiger partial charge >= 0.3 is 0 Å². The molecular formula is C27H29NO. The van der Waals surface area contributed by atoms with Crippen LogP contribution in [-0.4, -0.2) is 22.6 Å². The number of aliphatic hydroxyl groups is 1. The minimum absolute atomic E-state index is 0.359. The number of hydrogen-bond donors (Lipinski definition) is 1. The molecule has 0 aliphatic rings. The molecule has 0 unspecified atom stereocenters. The SMILES string of the molecule is CC(C)N(CC#CCC(O)(c1ccccc1)c1ccccc1)Cc1ccccc1. The molecule has 0 saturated carbocycles. The van der Waals surface area contributed by atoms with Gasteiger partial charge in [0.25, 0.3) is 0 Å². The van der Waals surface area contributed by atoms with Crippen LogP contribution >= 0.6 is 0 Å². The molecule has 2 heteroatoms. The fraction of sp³-hybridized carbons (Fsp3) is 0.259. The number of hydrogen-bond acceptors (Lipinski definition) is 2. The van der Waals surface area contributed by atoms with E-state index in [2.05, 4.69) is 54.9 Å². The van der Waals surface area contributed by atoms with E-state index in [0.29, 0.717) is 19.0 Å². The van der Waals surface area contributed by atoms with Gasteiger partial charge in [0.1, 0.15) is 5.60 Å². The Kier molecular flexibility index (Phi) is 7.25. The molecule has 0 radical (unpaired) electrons. The average molecular weight is 384 g/mol. The van der Waals surface area contributed by atoms with Crippen molar-refractivity contribution in [1.82, 2.24) is 4.90 Å². The minimum Gasteiger partial charge on any atom is -0.379 e. The molecule has 3 aromatic rings. The van der Waals surface area contributed by atoms with Crippen LogP contribution in [-0.2, 0) is 12.1 Å². The molecule has 0 fully saturated rings. The minimum atomic E-state index is -1.11. The molecule has 29 heavy (non-hydrogen) atoms. The van der Waals surface area contributed by atoms with Gasteiger partial charge in [0, 0.05) is 19.0 Å². The fourth-order valence-electron chi connectivity index (χ4n) is 3.39. The zero-order chi connectivity index (χ0) is 20.5. The Labute approximate surface area is 174 Å². The van der Waals surface area contributed by atoms with Gasteiger partial charge in [0.15, 0.2) is 0 Å². The smallest absolute Gasteiger partial charge is 0.125 e. The lowest BCUT2D eigenvalue weighted by atomic mass is 9.84. The van der Waals surface area contributed by atoms with E-state index in [1.807, 2.05) is 66.7 Å². The third-order valence-corrected chi connectivity index (χ3v) is 5.21. The van der Waals surface area contributed by atoms with Crippen LogP contribution in [0.2, 0.25) is 0 Å². The normalized spacial score (nSPS) is 11.3. The Morgan fingerprint density at radius 3 is 1.72 bits per heavy atom. The maximum atomic E-state index is 11.5. The second-order valence-corrected chi connectivity index (χ2v) is 7.61. The lowest BCUT2D eigenvalue weighted by Gasteiger charge is -2.27. The van der Waals surface area contributed by atoms with Crippen LogP contribution in [0.25, 0.3) is 0 Å². The highest BCUT2D eigenvalue weighted by Gasteiger charge is 2.30. The highest BCUT2D eigenvalue weighted by Crippen LogP contribution is 2.32. The van der Waals surface area contributed by atoms with Gasteiger partial charge in [-0.2, -0.15) is 0 Å². The molecule has 3 aromatic carbocycles. The Morgan fingerprint density at radius 2 is 1.24 bits per heavy atom. The molecule has 0 aliphatic heterocycles. The molecule has 0 amide bonds. The largest absolute Gasteiger partial charge is 0.379 e. The molecule has 0 bridgehead atoms. The van der Waals surface area contributed by atoms with Crippen LogP contribution in [0.5, 0.6) is 0 Å². The van der Waals surface area contributed by atoms with Crippen LogP contribution in [0, 0.1) is 11.8 Å². The van der Waals surface area contributed by atoms with Crippen molar-refractivity contribution in [2.24, 2.45) is 0 Å². The predicted molar refractivity (Wildman–Crippen MR) is 120 cm³/mol. The van der Waals surface area contributed by atoms with Crippen LogP contribution < -0.4 is 0 Å². The van der Waals surface area contributed by atoms with Gasteiger partial charge in [0.2, 0.25) is 0 Å². The Hall–Kier alpha value is -2.86. The van der Waals surface area contributed by atoms with Gasteiger partial charge in [-0.15, -0.1) is 0 Å². The molecule has 0 saturated heterocycles. The van der Waals surface area contributed by atoms with Crippen LogP contribution in [0.4, 0.5) is 0 Å². The van der Waals surface area contributed by atoms with E-state index < -0.39 is 5.60 Å². The van der Waals surface area contributed by atoms with Crippen molar-refractivity contribution in [2.75, 3.05) is 6.54 Å². The third-order valence-electron chi connectivity index (χ3n) is 5.21. The molecule has 0 aliphatic carbocycles. The molecule has 1 N–H and O–H groups in total. The second kappa shape index (κ2) is 10.1. The first-order valence-electron chi connectivity index (χ1n) is 10.2. The van der Waals surface area contributed by atoms with E-state index in [1.165, 1.54) is 5.56 Å². The standard InChI is InChI=1S/C27H29NO/c1-23(2)28(22-24-14-6-3-7-15-24)21-13-12-20-27(29,25-16-8-4-9-17-25)26-18-10-5-11-19-26/h3-11,14-19,23,29H,20-22H2,1-2H3. The van der Waals surface area contributed by atoms with Crippen molar-refractivity contribution in [3.8, 4) is 11.8 Å². The van der Waals surface area contributed by atoms with Gasteiger partial charge in [-0.1, -0.05) is 103 Å². The quantitative estimate of drug-likeness (QED) is 0.565. The zero-order valence-electron chi connectivity index (χ0n) is 17.3. The molecule has 0 heterocycles. The summed E-state index contributed by atoms with van der Waals surface area (Å²) < 4.78 is 0. The summed E-state index contributed by atoms with van der Waals surface area (Å²) in [6.45, 7) is 5.92. The van der Waals surface area contributed by atoms with Gasteiger partial charge in [0.05, 0.1) is 6.54 Å². The van der Waals surface area contributed by atoms with Crippen molar-refractivity contribution in [1.29, 1.82) is 0 Å². The highest BCUT2D eigenvalue weighted by atomic mass is 16.3. The van der Waals surface area contributed by atoms with Gasteiger partial charge in [-0.05, 0) is 30.5 Å². The number of rotatable bonds is 7. The van der Waals surface area contributed by atoms with Gasteiger partial charge in [-0.25, -0.2) is 0 Å². The maximum Gasteiger partial charge on any atom is 0.125 e. The van der Waals surface area contributed by atoms with Crippen molar-refractivity contribution in [3.05, 3.63) is 108 Å². The summed E-state index contributed by atoms with van der Waals surface area (Å²) >= 11 is 0. The molecular weight excluding hydrogens is 354 g/mol. The first-order valence-corrected chi connectivity index (χ1v) is 10.2. The Bertz CT molecular complexity index is 884. The van der Waals surface area contributed by atoms with E-state index in [4.69, 9.17) is 0 Å². The van der Waals surface area contributed by atoms with E-state index in [1.54, 1.807) is 0 Å². The van der Waals surface area contributed by atoms with Crippen molar-refractivity contribution in [3.63, 3.8) is 0 Å². The monoisotopic (exact) mass is 383 g/mol. The van der Waals surface area contributed by atoms with E-state index >= 15 is 0 Å². The molecule has 0 aromatic heterocycles. The van der Waals surface area contributed by atoms with Gasteiger partial charge in [-0.3, -0.25) is 4.90 Å². The van der Waals surface area contributed by atoms with E-state index in [0.717, 1.165) is 17.7 Å². The fourth-order valence-corrected chi connectivity index (χ4v) is 3.39. The van der Waals surface area contributed by atoms with Gasteiger partial charge < -0.3 is 5.11 Å². The lowest BCUT2D eigenvalue weighted by molar-refractivity contribution is 0.0864. The molecule has 0 spiro atoms. The summed E-state index contributed by atoms with van der Waals surface area (Å²) in [5.41, 5.74) is 1.90. The molecule has 148 valence electrons. The summed E-state index contributed by atoms with van der Waals surface area (Å²) in [5.74, 6) is 6.55. The van der Waals surface area contributed by atoms with Crippen LogP contribution in [0.1, 0.15) is 37.0 Å². The third kappa shape index (κ3) is 5.57. The summed E-state index contributed by atoms with van der Waals surface area (Å²) in [5, 5.41) is 11.5. The van der Waals surface area contributed by atoms with Crippen molar-refractivity contribution < 1.29 is 5.11 Å². The molecule has 0 atom stereocenters. The van der Waals surface area contributed by atoms with E-state index in [-0.39, 0.29) is 0 Å². The van der Waals surface area contributed by atoms with Crippen LogP contribution in [0.3, 0.4) is 0 Å². The van der Waals surface area contributed by atoms with Crippen molar-refractivity contribution in [2.45, 2.75) is 38.5 Å². The summed E-state index contributed by atoms with van der Waals surface area (Å²) in [7, 11) is 0. The predicted octanol–water partition coefficient (Wildman–Crippen LogP) is 5.23. The molecule has 2 nitrogen and oxygen atoms in total. The average Bonchev–Trinajstić information content (AvgIpc) is 2.77. The number of nitrogens with zero attached hydrogens (tertiary/aromatic N) is 1. The summed E-state index contributed by atoms with van der Waals surface area (Å²) in [4.78, 5) is 2.34. The first kappa shape index (κ1) is 20.9. The zero-order valence-corrected chi connectivity index (χ0v) is 17.3. The topological polar surface area (TPSA) is 23.5 Å².